The van der Waals surface area contributed by atoms with E-state index in [9.17, 15) is 0 Å². The fourth-order valence-corrected chi connectivity index (χ4v) is 9.34. The highest BCUT2D eigenvalue weighted by Crippen LogP contribution is 2.22. The topological polar surface area (TPSA) is 27.7 Å². The predicted octanol–water partition coefficient (Wildman–Crippen LogP) is 15.7. The third kappa shape index (κ3) is 35.7. The molecule has 0 aliphatic heterocycles. The summed E-state index contributed by atoms with van der Waals surface area (Å²) in [7, 11) is -0.697. The molecular formula is C43H90O3Si. The molecule has 0 fully saturated rings. The smallest absolute Gasteiger partial charge is 0.377 e. The molecule has 47 heavy (non-hydrogen) atoms. The molecule has 0 aromatic heterocycles. The molecule has 3 nitrogen and oxygen atoms in total. The molecule has 0 bridgehead atoms. The van der Waals surface area contributed by atoms with Crippen molar-refractivity contribution in [3.63, 3.8) is 0 Å². The van der Waals surface area contributed by atoms with Crippen molar-refractivity contribution < 1.29 is 13.3 Å². The minimum atomic E-state index is -2.54. The Balaban J connectivity index is 3.84. The maximum atomic E-state index is 6.50. The minimum absolute atomic E-state index is 0.811. The van der Waals surface area contributed by atoms with Crippen molar-refractivity contribution in [2.45, 2.75) is 258 Å². The van der Waals surface area contributed by atoms with E-state index in [0.717, 1.165) is 32.1 Å². The van der Waals surface area contributed by atoms with Crippen LogP contribution in [0, 0.1) is 0 Å². The van der Waals surface area contributed by atoms with Crippen molar-refractivity contribution >= 4 is 8.80 Å². The Morgan fingerprint density at radius 1 is 0.277 bits per heavy atom. The van der Waals surface area contributed by atoms with Gasteiger partial charge >= 0.3 is 8.80 Å². The average Bonchev–Trinajstić information content (AvgIpc) is 3.09. The number of hydrogen-bond donors (Lipinski definition) is 0. The Kier molecular flexibility index (Phi) is 40.6. The van der Waals surface area contributed by atoms with E-state index in [-0.39, 0.29) is 0 Å². The molecule has 0 radical (unpaired) electrons. The molecule has 0 aliphatic rings. The lowest BCUT2D eigenvalue weighted by molar-refractivity contribution is 0.0735. The molecule has 0 heterocycles. The summed E-state index contributed by atoms with van der Waals surface area (Å²) in [6.07, 6.45) is 49.8. The van der Waals surface area contributed by atoms with Gasteiger partial charge in [-0.15, -0.1) is 0 Å². The Bertz CT molecular complexity index is 519. The Morgan fingerprint density at radius 2 is 0.489 bits per heavy atom. The summed E-state index contributed by atoms with van der Waals surface area (Å²) in [5, 5.41) is 0. The second kappa shape index (κ2) is 40.5. The van der Waals surface area contributed by atoms with E-state index in [2.05, 4.69) is 20.8 Å². The van der Waals surface area contributed by atoms with Gasteiger partial charge in [-0.3, -0.25) is 0 Å². The van der Waals surface area contributed by atoms with Crippen LogP contribution in [0.15, 0.2) is 0 Å². The van der Waals surface area contributed by atoms with E-state index in [4.69, 9.17) is 13.3 Å². The zero-order chi connectivity index (χ0) is 34.2. The molecule has 0 aliphatic carbocycles. The van der Waals surface area contributed by atoms with Crippen LogP contribution in [0.3, 0.4) is 0 Å². The van der Waals surface area contributed by atoms with Crippen LogP contribution < -0.4 is 0 Å². The lowest BCUT2D eigenvalue weighted by Gasteiger charge is -2.28. The third-order valence-electron chi connectivity index (χ3n) is 10.3. The maximum absolute atomic E-state index is 6.50. The van der Waals surface area contributed by atoms with E-state index >= 15 is 0 Å². The quantitative estimate of drug-likeness (QED) is 0.0474. The van der Waals surface area contributed by atoms with Gasteiger partial charge in [0, 0.05) is 26.4 Å². The van der Waals surface area contributed by atoms with Crippen LogP contribution in [0.4, 0.5) is 0 Å². The van der Waals surface area contributed by atoms with Crippen molar-refractivity contribution in [2.24, 2.45) is 0 Å². The molecule has 0 saturated carbocycles. The summed E-state index contributed by atoms with van der Waals surface area (Å²) in [6, 6.07) is 0.987. The first kappa shape index (κ1) is 47.1. The first-order valence-corrected chi connectivity index (χ1v) is 24.0. The summed E-state index contributed by atoms with van der Waals surface area (Å²) < 4.78 is 19.1. The lowest BCUT2D eigenvalue weighted by atomic mass is 10.0. The minimum Gasteiger partial charge on any atom is -0.377 e. The molecule has 284 valence electrons. The van der Waals surface area contributed by atoms with E-state index < -0.39 is 8.80 Å². The van der Waals surface area contributed by atoms with Crippen LogP contribution in [-0.2, 0) is 13.3 Å². The summed E-state index contributed by atoms with van der Waals surface area (Å²) in [5.41, 5.74) is 0. The summed E-state index contributed by atoms with van der Waals surface area (Å²) >= 11 is 0. The summed E-state index contributed by atoms with van der Waals surface area (Å²) in [6.45, 7) is 8.51. The van der Waals surface area contributed by atoms with Crippen LogP contribution >= 0.6 is 0 Å². The van der Waals surface area contributed by atoms with Crippen LogP contribution in [-0.4, -0.2) is 29.1 Å². The standard InChI is InChI=1S/C43H90O3Si/c1-5-8-11-14-16-18-20-22-24-26-28-30-32-34-36-38-41-45-47(44-4,43-40-13-10-7-3)46-42-39-37-35-33-31-29-27-25-23-21-19-17-15-12-9-6-2/h5-43H2,1-4H3. The molecule has 0 atom stereocenters. The molecule has 4 heteroatoms. The van der Waals surface area contributed by atoms with Crippen LogP contribution in [0.1, 0.15) is 252 Å². The average molecular weight is 683 g/mol. The highest BCUT2D eigenvalue weighted by Gasteiger charge is 2.39. The third-order valence-corrected chi connectivity index (χ3v) is 13.2. The molecule has 0 aromatic rings. The van der Waals surface area contributed by atoms with Crippen molar-refractivity contribution in [1.82, 2.24) is 0 Å². The van der Waals surface area contributed by atoms with Crippen molar-refractivity contribution in [3.05, 3.63) is 0 Å². The van der Waals surface area contributed by atoms with Crippen molar-refractivity contribution in [1.29, 1.82) is 0 Å². The molecule has 0 N–H and O–H groups in total. The first-order chi connectivity index (χ1) is 23.2. The van der Waals surface area contributed by atoms with Gasteiger partial charge in [-0.1, -0.05) is 233 Å². The Hall–Kier alpha value is 0.0969. The summed E-state index contributed by atoms with van der Waals surface area (Å²) in [5.74, 6) is 0. The van der Waals surface area contributed by atoms with Gasteiger partial charge in [0.2, 0.25) is 0 Å². The van der Waals surface area contributed by atoms with Gasteiger partial charge in [0.25, 0.3) is 0 Å². The van der Waals surface area contributed by atoms with E-state index in [1.807, 2.05) is 7.11 Å². The zero-order valence-electron chi connectivity index (χ0n) is 33.3. The van der Waals surface area contributed by atoms with Crippen LogP contribution in [0.25, 0.3) is 0 Å². The number of hydrogen-bond acceptors (Lipinski definition) is 3. The van der Waals surface area contributed by atoms with Gasteiger partial charge in [-0.05, 0) is 19.3 Å². The Morgan fingerprint density at radius 3 is 0.723 bits per heavy atom. The van der Waals surface area contributed by atoms with Gasteiger partial charge in [0.05, 0.1) is 0 Å². The molecule has 0 aromatic carbocycles. The van der Waals surface area contributed by atoms with E-state index in [0.29, 0.717) is 0 Å². The predicted molar refractivity (Wildman–Crippen MR) is 213 cm³/mol. The monoisotopic (exact) mass is 683 g/mol. The van der Waals surface area contributed by atoms with Gasteiger partial charge in [0.1, 0.15) is 0 Å². The van der Waals surface area contributed by atoms with Gasteiger partial charge in [-0.25, -0.2) is 0 Å². The maximum Gasteiger partial charge on any atom is 0.500 e. The van der Waals surface area contributed by atoms with Crippen molar-refractivity contribution in [3.8, 4) is 0 Å². The molecular weight excluding hydrogens is 593 g/mol. The second-order valence-corrected chi connectivity index (χ2v) is 17.9. The number of rotatable bonds is 42. The molecule has 0 unspecified atom stereocenters. The first-order valence-electron chi connectivity index (χ1n) is 22.1. The Labute approximate surface area is 299 Å². The second-order valence-electron chi connectivity index (χ2n) is 15.0. The fourth-order valence-electron chi connectivity index (χ4n) is 6.93. The largest absolute Gasteiger partial charge is 0.500 e. The van der Waals surface area contributed by atoms with Crippen molar-refractivity contribution in [2.75, 3.05) is 20.3 Å². The molecule has 0 spiro atoms. The van der Waals surface area contributed by atoms with E-state index in [1.165, 1.54) is 218 Å². The SMILES string of the molecule is CCCCCCCCCCCCCCCCCCO[Si](CCCCCC)(OC)OCCCCCCCCCCCCCCCCCC. The molecule has 0 amide bonds. The normalized spacial score (nSPS) is 12.0. The molecule has 0 rings (SSSR count). The highest BCUT2D eigenvalue weighted by molar-refractivity contribution is 6.60. The fraction of sp³-hybridized carbons (Fsp3) is 1.00. The zero-order valence-corrected chi connectivity index (χ0v) is 34.3. The van der Waals surface area contributed by atoms with Gasteiger partial charge < -0.3 is 13.3 Å². The number of unbranched alkanes of at least 4 members (excludes halogenated alkanes) is 33. The van der Waals surface area contributed by atoms with Crippen LogP contribution in [0.5, 0.6) is 0 Å². The van der Waals surface area contributed by atoms with Gasteiger partial charge in [0.15, 0.2) is 0 Å². The van der Waals surface area contributed by atoms with Crippen LogP contribution in [0.2, 0.25) is 6.04 Å². The van der Waals surface area contributed by atoms with E-state index in [1.54, 1.807) is 0 Å². The summed E-state index contributed by atoms with van der Waals surface area (Å²) in [4.78, 5) is 0. The molecule has 0 saturated heterocycles. The van der Waals surface area contributed by atoms with Gasteiger partial charge in [-0.2, -0.15) is 0 Å². The highest BCUT2D eigenvalue weighted by atomic mass is 28.4. The lowest BCUT2D eigenvalue weighted by Crippen LogP contribution is -2.45.